The van der Waals surface area contributed by atoms with Crippen molar-refractivity contribution in [2.45, 2.75) is 44.6 Å². The van der Waals surface area contributed by atoms with Gasteiger partial charge in [0, 0.05) is 17.0 Å². The highest BCUT2D eigenvalue weighted by Crippen LogP contribution is 2.40. The van der Waals surface area contributed by atoms with Crippen molar-refractivity contribution in [1.82, 2.24) is 9.88 Å². The van der Waals surface area contributed by atoms with Crippen molar-refractivity contribution in [2.24, 2.45) is 5.41 Å². The molecule has 1 aliphatic heterocycles. The van der Waals surface area contributed by atoms with E-state index in [1.807, 2.05) is 4.90 Å². The van der Waals surface area contributed by atoms with E-state index in [0.717, 1.165) is 12.3 Å². The van der Waals surface area contributed by atoms with Crippen LogP contribution in [0.4, 0.5) is 17.6 Å². The summed E-state index contributed by atoms with van der Waals surface area (Å²) in [4.78, 5) is 18.4. The fourth-order valence-electron chi connectivity index (χ4n) is 5.25. The van der Waals surface area contributed by atoms with Crippen LogP contribution in [0.3, 0.4) is 0 Å². The molecule has 3 aromatic rings. The Morgan fingerprint density at radius 2 is 1.87 bits per heavy atom. The molecule has 6 nitrogen and oxygen atoms in total. The average molecular weight is 535 g/mol. The number of aryl methyl sites for hydroxylation is 1. The van der Waals surface area contributed by atoms with Crippen LogP contribution in [0, 0.1) is 28.7 Å². The van der Waals surface area contributed by atoms with Gasteiger partial charge in [-0.2, -0.15) is 0 Å². The fourth-order valence-corrected chi connectivity index (χ4v) is 5.25. The molecule has 0 bridgehead atoms. The van der Waals surface area contributed by atoms with Crippen LogP contribution in [0.5, 0.6) is 5.75 Å². The second kappa shape index (κ2) is 11.7. The maximum atomic E-state index is 14.7. The van der Waals surface area contributed by atoms with Crippen molar-refractivity contribution in [2.75, 3.05) is 26.7 Å². The number of piperidine rings is 1. The molecule has 1 saturated heterocycles. The van der Waals surface area contributed by atoms with Gasteiger partial charge in [-0.1, -0.05) is 0 Å². The summed E-state index contributed by atoms with van der Waals surface area (Å²) in [5.74, 6) is -4.26. The van der Waals surface area contributed by atoms with E-state index >= 15 is 0 Å². The van der Waals surface area contributed by atoms with Crippen LogP contribution in [-0.4, -0.2) is 52.8 Å². The largest absolute Gasteiger partial charge is 0.497 e. The number of hydrogen-bond acceptors (Lipinski definition) is 5. The zero-order valence-corrected chi connectivity index (χ0v) is 21.0. The number of carbonyl (C=O) groups is 1. The van der Waals surface area contributed by atoms with Gasteiger partial charge in [-0.3, -0.25) is 9.78 Å². The highest BCUT2D eigenvalue weighted by molar-refractivity contribution is 5.84. The number of aliphatic hydroxyl groups is 1. The first-order chi connectivity index (χ1) is 18.1. The third kappa shape index (κ3) is 5.91. The van der Waals surface area contributed by atoms with Gasteiger partial charge in [-0.05, 0) is 88.0 Å². The Hall–Kier alpha value is -3.24. The minimum Gasteiger partial charge on any atom is -0.497 e. The molecule has 0 spiro atoms. The second-order valence-electron chi connectivity index (χ2n) is 9.85. The van der Waals surface area contributed by atoms with Gasteiger partial charge in [0.05, 0.1) is 30.3 Å². The fraction of sp³-hybridized carbons (Fsp3) is 0.429. The number of rotatable bonds is 10. The molecule has 1 aromatic heterocycles. The van der Waals surface area contributed by atoms with E-state index in [-0.39, 0.29) is 30.4 Å². The van der Waals surface area contributed by atoms with Crippen LogP contribution < -0.4 is 4.74 Å². The molecule has 2 heterocycles. The average Bonchev–Trinajstić information content (AvgIpc) is 2.90. The topological polar surface area (TPSA) is 82.9 Å². The van der Waals surface area contributed by atoms with Crippen molar-refractivity contribution in [3.63, 3.8) is 0 Å². The number of methoxy groups -OCH3 is 1. The molecular weight excluding hydrogens is 504 g/mol. The van der Waals surface area contributed by atoms with E-state index in [4.69, 9.17) is 4.74 Å². The number of carboxylic acids is 1. The number of hydrogen-bond donors (Lipinski definition) is 2. The van der Waals surface area contributed by atoms with Crippen molar-refractivity contribution in [3.8, 4) is 5.75 Å². The molecule has 1 aliphatic rings. The SMILES string of the molecule is COc1ccc2ncc(F)c(C(O)CCC3(C(=O)O)CCN(CCCc4cc(F)cc(F)c4F)CC3)c2c1. The van der Waals surface area contributed by atoms with Crippen LogP contribution in [0.25, 0.3) is 10.9 Å². The number of benzene rings is 2. The lowest BCUT2D eigenvalue weighted by Crippen LogP contribution is -2.44. The molecule has 0 saturated carbocycles. The van der Waals surface area contributed by atoms with Gasteiger partial charge in [0.1, 0.15) is 17.4 Å². The number of likely N-dealkylation sites (tertiary alicyclic amines) is 1. The molecule has 4 rings (SSSR count). The molecule has 0 amide bonds. The Labute approximate surface area is 217 Å². The van der Waals surface area contributed by atoms with Gasteiger partial charge in [-0.15, -0.1) is 0 Å². The van der Waals surface area contributed by atoms with Gasteiger partial charge < -0.3 is 19.8 Å². The molecule has 1 atom stereocenters. The smallest absolute Gasteiger partial charge is 0.309 e. The van der Waals surface area contributed by atoms with Gasteiger partial charge >= 0.3 is 5.97 Å². The molecule has 1 fully saturated rings. The Balaban J connectivity index is 1.37. The molecular formula is C28H30F4N2O4. The maximum Gasteiger partial charge on any atom is 0.309 e. The van der Waals surface area contributed by atoms with E-state index in [1.54, 1.807) is 18.2 Å². The van der Waals surface area contributed by atoms with Crippen molar-refractivity contribution in [1.29, 1.82) is 0 Å². The summed E-state index contributed by atoms with van der Waals surface area (Å²) in [5, 5.41) is 21.4. The molecule has 10 heteroatoms. The predicted octanol–water partition coefficient (Wildman–Crippen LogP) is 5.41. The summed E-state index contributed by atoms with van der Waals surface area (Å²) in [6, 6.07) is 6.44. The monoisotopic (exact) mass is 534 g/mol. The minimum atomic E-state index is -1.23. The van der Waals surface area contributed by atoms with E-state index < -0.39 is 40.8 Å². The summed E-state index contributed by atoms with van der Waals surface area (Å²) in [7, 11) is 1.48. The molecule has 2 aromatic carbocycles. The molecule has 0 radical (unpaired) electrons. The molecule has 2 N–H and O–H groups in total. The number of ether oxygens (including phenoxy) is 1. The summed E-state index contributed by atoms with van der Waals surface area (Å²) in [5.41, 5.74) is -0.551. The van der Waals surface area contributed by atoms with Crippen LogP contribution >= 0.6 is 0 Å². The lowest BCUT2D eigenvalue weighted by atomic mass is 9.74. The minimum absolute atomic E-state index is 0.0260. The lowest BCUT2D eigenvalue weighted by Gasteiger charge is -2.39. The number of halogens is 4. The number of carboxylic acid groups (broad SMARTS) is 1. The standard InChI is InChI=1S/C28H30F4N2O4/c1-38-19-4-5-23-20(15-19)25(22(31)16-33-23)24(35)6-7-28(27(36)37)8-11-34(12-9-28)10-2-3-17-13-18(29)14-21(30)26(17)32/h4-5,13-16,24,35H,2-3,6-12H2,1H3,(H,36,37). The number of aromatic nitrogens is 1. The van der Waals surface area contributed by atoms with Gasteiger partial charge in [0.25, 0.3) is 0 Å². The van der Waals surface area contributed by atoms with Crippen molar-refractivity contribution < 1.29 is 37.3 Å². The first kappa shape index (κ1) is 27.8. The zero-order chi connectivity index (χ0) is 27.4. The van der Waals surface area contributed by atoms with E-state index in [1.165, 1.54) is 7.11 Å². The van der Waals surface area contributed by atoms with E-state index in [0.29, 0.717) is 61.6 Å². The molecule has 38 heavy (non-hydrogen) atoms. The zero-order valence-electron chi connectivity index (χ0n) is 21.0. The second-order valence-corrected chi connectivity index (χ2v) is 9.85. The number of aliphatic hydroxyl groups excluding tert-OH is 1. The van der Waals surface area contributed by atoms with Crippen LogP contribution in [0.1, 0.15) is 49.3 Å². The number of fused-ring (bicyclic) bond motifs is 1. The quantitative estimate of drug-likeness (QED) is 0.267. The number of pyridine rings is 1. The van der Waals surface area contributed by atoms with Crippen LogP contribution in [-0.2, 0) is 11.2 Å². The van der Waals surface area contributed by atoms with Gasteiger partial charge in [0.2, 0.25) is 0 Å². The van der Waals surface area contributed by atoms with Gasteiger partial charge in [-0.25, -0.2) is 17.6 Å². The predicted molar refractivity (Wildman–Crippen MR) is 133 cm³/mol. The maximum absolute atomic E-state index is 14.7. The third-order valence-corrected chi connectivity index (χ3v) is 7.55. The molecule has 0 aliphatic carbocycles. The van der Waals surface area contributed by atoms with Crippen LogP contribution in [0.15, 0.2) is 36.5 Å². The summed E-state index contributed by atoms with van der Waals surface area (Å²) in [6.45, 7) is 1.45. The summed E-state index contributed by atoms with van der Waals surface area (Å²) >= 11 is 0. The first-order valence-corrected chi connectivity index (χ1v) is 12.5. The van der Waals surface area contributed by atoms with E-state index in [9.17, 15) is 32.6 Å². The van der Waals surface area contributed by atoms with Crippen LogP contribution in [0.2, 0.25) is 0 Å². The lowest BCUT2D eigenvalue weighted by molar-refractivity contribution is -0.153. The van der Waals surface area contributed by atoms with Gasteiger partial charge in [0.15, 0.2) is 11.6 Å². The highest BCUT2D eigenvalue weighted by Gasteiger charge is 2.41. The highest BCUT2D eigenvalue weighted by atomic mass is 19.2. The Kier molecular flexibility index (Phi) is 8.52. The Bertz CT molecular complexity index is 1310. The number of aliphatic carboxylic acids is 1. The first-order valence-electron chi connectivity index (χ1n) is 12.5. The molecule has 1 unspecified atom stereocenters. The third-order valence-electron chi connectivity index (χ3n) is 7.55. The number of nitrogens with zero attached hydrogens (tertiary/aromatic N) is 2. The summed E-state index contributed by atoms with van der Waals surface area (Å²) < 4.78 is 60.7. The van der Waals surface area contributed by atoms with E-state index in [2.05, 4.69) is 4.98 Å². The van der Waals surface area contributed by atoms with Crippen molar-refractivity contribution >= 4 is 16.9 Å². The Morgan fingerprint density at radius 3 is 2.55 bits per heavy atom. The Morgan fingerprint density at radius 1 is 1.13 bits per heavy atom. The van der Waals surface area contributed by atoms with Crippen molar-refractivity contribution in [3.05, 3.63) is 70.9 Å². The molecule has 204 valence electrons. The normalized spacial score (nSPS) is 16.5. The summed E-state index contributed by atoms with van der Waals surface area (Å²) in [6.07, 6.45) is 1.27.